The normalized spacial score (nSPS) is 18.3. The van der Waals surface area contributed by atoms with E-state index in [0.717, 1.165) is 42.5 Å². The van der Waals surface area contributed by atoms with Crippen LogP contribution in [-0.4, -0.2) is 15.6 Å². The molecule has 0 saturated heterocycles. The van der Waals surface area contributed by atoms with Gasteiger partial charge in [0.25, 0.3) is 0 Å². The Hall–Kier alpha value is -1.86. The first-order valence-electron chi connectivity index (χ1n) is 9.45. The maximum atomic E-state index is 12.7. The van der Waals surface area contributed by atoms with Gasteiger partial charge in [-0.05, 0) is 49.8 Å². The number of aromatic carboxylic acids is 1. The lowest BCUT2D eigenvalue weighted by atomic mass is 9.95. The number of thiophene rings is 1. The third kappa shape index (κ3) is 3.28. The summed E-state index contributed by atoms with van der Waals surface area (Å²) < 4.78 is 1.88. The van der Waals surface area contributed by atoms with Crippen molar-refractivity contribution in [2.24, 2.45) is 5.73 Å². The molecule has 1 unspecified atom stereocenters. The van der Waals surface area contributed by atoms with Crippen molar-refractivity contribution in [1.82, 2.24) is 4.57 Å². The molecule has 0 aliphatic heterocycles. The largest absolute Gasteiger partial charge is 0.477 e. The number of pyridine rings is 1. The van der Waals surface area contributed by atoms with E-state index in [-0.39, 0.29) is 30.1 Å². The molecule has 2 aliphatic carbocycles. The Balaban J connectivity index is 0.00000205. The van der Waals surface area contributed by atoms with E-state index < -0.39 is 11.4 Å². The number of hydrogen-bond acceptors (Lipinski definition) is 4. The molecule has 1 fully saturated rings. The zero-order valence-corrected chi connectivity index (χ0v) is 17.9. The third-order valence-corrected chi connectivity index (χ3v) is 7.43. The van der Waals surface area contributed by atoms with Crippen molar-refractivity contribution in [2.75, 3.05) is 0 Å². The van der Waals surface area contributed by atoms with Crippen LogP contribution in [0.5, 0.6) is 0 Å². The van der Waals surface area contributed by atoms with E-state index in [9.17, 15) is 14.7 Å². The van der Waals surface area contributed by atoms with Gasteiger partial charge in [0.15, 0.2) is 0 Å². The molecule has 2 heterocycles. The molecule has 152 valence electrons. The molecule has 1 aromatic carbocycles. The minimum absolute atomic E-state index is 0. The van der Waals surface area contributed by atoms with E-state index in [0.29, 0.717) is 15.9 Å². The number of nitrogens with zero attached hydrogens (tertiary/aromatic N) is 1. The highest BCUT2D eigenvalue weighted by Crippen LogP contribution is 2.45. The van der Waals surface area contributed by atoms with Gasteiger partial charge in [0, 0.05) is 39.0 Å². The van der Waals surface area contributed by atoms with Gasteiger partial charge in [-0.25, -0.2) is 4.79 Å². The Morgan fingerprint density at radius 1 is 1.28 bits per heavy atom. The van der Waals surface area contributed by atoms with Crippen molar-refractivity contribution in [1.29, 1.82) is 0 Å². The number of carboxylic acids is 1. The number of rotatable bonds is 3. The molecule has 5 rings (SSSR count). The molecule has 3 aromatic rings. The van der Waals surface area contributed by atoms with Gasteiger partial charge in [-0.2, -0.15) is 0 Å². The van der Waals surface area contributed by atoms with Crippen LogP contribution in [0.15, 0.2) is 29.2 Å². The van der Waals surface area contributed by atoms with Crippen molar-refractivity contribution in [2.45, 2.75) is 44.2 Å². The van der Waals surface area contributed by atoms with Crippen molar-refractivity contribution in [3.63, 3.8) is 0 Å². The van der Waals surface area contributed by atoms with Gasteiger partial charge in [-0.1, -0.05) is 17.7 Å². The van der Waals surface area contributed by atoms with Crippen LogP contribution in [0, 0.1) is 0 Å². The van der Waals surface area contributed by atoms with Crippen molar-refractivity contribution in [3.05, 3.63) is 55.6 Å². The second-order valence-electron chi connectivity index (χ2n) is 7.64. The lowest BCUT2D eigenvalue weighted by Crippen LogP contribution is -2.19. The monoisotopic (exact) mass is 450 g/mol. The first-order valence-corrected chi connectivity index (χ1v) is 10.6. The molecule has 0 radical (unpaired) electrons. The summed E-state index contributed by atoms with van der Waals surface area (Å²) in [5.41, 5.74) is 8.38. The Labute approximate surface area is 182 Å². The summed E-state index contributed by atoms with van der Waals surface area (Å²) in [6.07, 6.45) is 6.49. The van der Waals surface area contributed by atoms with Gasteiger partial charge < -0.3 is 15.4 Å². The number of benzene rings is 1. The van der Waals surface area contributed by atoms with Crippen LogP contribution in [0.3, 0.4) is 0 Å². The molecule has 0 spiro atoms. The molecule has 29 heavy (non-hydrogen) atoms. The fourth-order valence-corrected chi connectivity index (χ4v) is 5.82. The molecule has 2 aliphatic rings. The van der Waals surface area contributed by atoms with Gasteiger partial charge in [-0.3, -0.25) is 4.79 Å². The van der Waals surface area contributed by atoms with Crippen LogP contribution >= 0.6 is 35.3 Å². The quantitative estimate of drug-likeness (QED) is 0.575. The summed E-state index contributed by atoms with van der Waals surface area (Å²) in [7, 11) is 0. The van der Waals surface area contributed by atoms with Crippen LogP contribution in [-0.2, 0) is 6.42 Å². The van der Waals surface area contributed by atoms with E-state index >= 15 is 0 Å². The zero-order valence-electron chi connectivity index (χ0n) is 15.5. The Morgan fingerprint density at radius 3 is 2.69 bits per heavy atom. The molecule has 2 aromatic heterocycles. The first-order chi connectivity index (χ1) is 13.5. The fraction of sp³-hybridized carbons (Fsp3) is 0.333. The minimum atomic E-state index is -1.21. The van der Waals surface area contributed by atoms with Crippen LogP contribution in [0.2, 0.25) is 5.02 Å². The number of aryl methyl sites for hydroxylation is 1. The van der Waals surface area contributed by atoms with Crippen LogP contribution < -0.4 is 11.2 Å². The molecule has 3 N–H and O–H groups in total. The van der Waals surface area contributed by atoms with Crippen molar-refractivity contribution in [3.8, 4) is 10.4 Å². The summed E-state index contributed by atoms with van der Waals surface area (Å²) >= 11 is 8.50. The highest BCUT2D eigenvalue weighted by Gasteiger charge is 2.29. The van der Waals surface area contributed by atoms with Gasteiger partial charge in [-0.15, -0.1) is 23.7 Å². The number of hydrogen-bond donors (Lipinski definition) is 2. The number of carbonyl (C=O) groups is 1. The number of carboxylic acid groups (broad SMARTS) is 1. The zero-order chi connectivity index (χ0) is 19.6. The van der Waals surface area contributed by atoms with Crippen LogP contribution in [0.1, 0.15) is 58.6 Å². The summed E-state index contributed by atoms with van der Waals surface area (Å²) in [6.45, 7) is 0. The van der Waals surface area contributed by atoms with E-state index in [1.54, 1.807) is 17.4 Å². The van der Waals surface area contributed by atoms with E-state index in [4.69, 9.17) is 17.3 Å². The Kier molecular flexibility index (Phi) is 5.23. The van der Waals surface area contributed by atoms with E-state index in [1.165, 1.54) is 16.6 Å². The predicted molar refractivity (Wildman–Crippen MR) is 119 cm³/mol. The van der Waals surface area contributed by atoms with E-state index in [2.05, 4.69) is 6.07 Å². The minimum Gasteiger partial charge on any atom is -0.477 e. The second kappa shape index (κ2) is 7.43. The summed E-state index contributed by atoms with van der Waals surface area (Å²) in [5, 5.41) is 10.3. The molecule has 5 nitrogen and oxygen atoms in total. The standard InChI is InChI=1S/C21H19ClN2O3S.ClH/c22-17-12(16-8-10-2-1-3-15(23)20(10)28-16)6-7-13-18(17)24(11-4-5-11)9-14(19(13)25)21(26)27;/h6-9,11,15H,1-5,23H2,(H,26,27);1H. The van der Waals surface area contributed by atoms with E-state index in [1.807, 2.05) is 10.6 Å². The number of nitrogens with two attached hydrogens (primary N) is 1. The van der Waals surface area contributed by atoms with Gasteiger partial charge >= 0.3 is 5.97 Å². The fourth-order valence-electron chi connectivity index (χ4n) is 4.12. The lowest BCUT2D eigenvalue weighted by molar-refractivity contribution is 0.0695. The summed E-state index contributed by atoms with van der Waals surface area (Å²) in [4.78, 5) is 26.5. The topological polar surface area (TPSA) is 85.3 Å². The summed E-state index contributed by atoms with van der Waals surface area (Å²) in [6, 6.07) is 5.97. The number of aromatic nitrogens is 1. The smallest absolute Gasteiger partial charge is 0.341 e. The molecule has 0 amide bonds. The predicted octanol–water partition coefficient (Wildman–Crippen LogP) is 5.17. The lowest BCUT2D eigenvalue weighted by Gasteiger charge is -2.17. The maximum absolute atomic E-state index is 12.7. The molecular formula is C21H20Cl2N2O3S. The van der Waals surface area contributed by atoms with Gasteiger partial charge in [0.05, 0.1) is 10.5 Å². The molecular weight excluding hydrogens is 431 g/mol. The second-order valence-corrected chi connectivity index (χ2v) is 9.10. The highest BCUT2D eigenvalue weighted by atomic mass is 35.5. The van der Waals surface area contributed by atoms with Gasteiger partial charge in [0.1, 0.15) is 5.56 Å². The maximum Gasteiger partial charge on any atom is 0.341 e. The van der Waals surface area contributed by atoms with Crippen LogP contribution in [0.25, 0.3) is 21.3 Å². The average Bonchev–Trinajstić information content (AvgIpc) is 3.41. The van der Waals surface area contributed by atoms with Gasteiger partial charge in [0.2, 0.25) is 5.43 Å². The third-order valence-electron chi connectivity index (χ3n) is 5.71. The average molecular weight is 451 g/mol. The van der Waals surface area contributed by atoms with Crippen molar-refractivity contribution < 1.29 is 9.90 Å². The van der Waals surface area contributed by atoms with Crippen molar-refractivity contribution >= 4 is 52.2 Å². The molecule has 1 atom stereocenters. The highest BCUT2D eigenvalue weighted by molar-refractivity contribution is 7.15. The first kappa shape index (κ1) is 20.4. The Bertz CT molecular complexity index is 1200. The molecule has 1 saturated carbocycles. The van der Waals surface area contributed by atoms with Crippen LogP contribution in [0.4, 0.5) is 0 Å². The summed E-state index contributed by atoms with van der Waals surface area (Å²) in [5.74, 6) is -1.21. The Morgan fingerprint density at radius 2 is 2.03 bits per heavy atom. The molecule has 8 heteroatoms. The molecule has 0 bridgehead atoms. The SMILES string of the molecule is Cl.NC1CCCc2cc(-c3ccc4c(=O)c(C(=O)O)cn(C5CC5)c4c3Cl)sc21. The number of halogens is 2. The number of fused-ring (bicyclic) bond motifs is 2.